The van der Waals surface area contributed by atoms with Crippen molar-refractivity contribution in [3.63, 3.8) is 0 Å². The van der Waals surface area contributed by atoms with Crippen molar-refractivity contribution < 1.29 is 104 Å². The number of unbranched alkanes of at least 4 members (excludes halogenated alkanes) is 33. The topological polar surface area (TPSA) is 373 Å². The van der Waals surface area contributed by atoms with E-state index in [4.69, 9.17) is 28.4 Å². The number of carbonyl (C=O) groups excluding carboxylic acids is 2. The Labute approximate surface area is 531 Å². The molecule has 0 aromatic rings. The number of amides is 2. The summed E-state index contributed by atoms with van der Waals surface area (Å²) in [5, 5.41) is 136. The second-order valence-electron chi connectivity index (χ2n) is 25.8. The normalized spacial score (nSPS) is 28.7. The third-order valence-electron chi connectivity index (χ3n) is 18.1. The van der Waals surface area contributed by atoms with Crippen LogP contribution in [0.15, 0.2) is 0 Å². The fourth-order valence-corrected chi connectivity index (χ4v) is 12.5. The van der Waals surface area contributed by atoms with Crippen LogP contribution in [0.1, 0.15) is 265 Å². The molecule has 23 heteroatoms. The molecule has 3 saturated heterocycles. The zero-order valence-corrected chi connectivity index (χ0v) is 54.6. The number of hydrogen-bond donors (Lipinski definition) is 14. The maximum atomic E-state index is 13.5. The van der Waals surface area contributed by atoms with Crippen LogP contribution in [-0.4, -0.2) is 215 Å². The fraction of sp³-hybridized carbons (Fsp3) is 0.955. The minimum Gasteiger partial charge on any atom is -0.477 e. The molecular formula is C66H124N2O21. The Hall–Kier alpha value is -2.27. The third kappa shape index (κ3) is 30.3. The molecule has 18 atom stereocenters. The summed E-state index contributed by atoms with van der Waals surface area (Å²) < 4.78 is 34.9. The molecule has 3 rings (SSSR count). The minimum absolute atomic E-state index is 0.229. The first kappa shape index (κ1) is 81.0. The number of rotatable bonds is 53. The summed E-state index contributed by atoms with van der Waals surface area (Å²) in [4.78, 5) is 38.5. The number of carboxylic acid groups (broad SMARTS) is 1. The summed E-state index contributed by atoms with van der Waals surface area (Å²) in [6.07, 6.45) is 13.8. The summed E-state index contributed by atoms with van der Waals surface area (Å²) in [6, 6.07) is -2.52. The van der Waals surface area contributed by atoms with Gasteiger partial charge in [0, 0.05) is 19.8 Å². The zero-order chi connectivity index (χ0) is 65.4. The van der Waals surface area contributed by atoms with Gasteiger partial charge in [0.05, 0.1) is 50.7 Å². The first-order chi connectivity index (χ1) is 42.9. The second kappa shape index (κ2) is 47.6. The molecule has 2 amide bonds. The minimum atomic E-state index is -3.08. The predicted octanol–water partition coefficient (Wildman–Crippen LogP) is 6.12. The summed E-state index contributed by atoms with van der Waals surface area (Å²) in [7, 11) is 0. The standard InChI is InChI=1S/C66H124N2O21/c1-4-6-8-10-12-14-16-18-20-22-24-26-28-30-32-34-36-38-40-53(76)68-47(48(73)39-37-35-33-31-29-27-25-23-21-19-17-15-13-11-9-7-5-2)45-84-63-58(80)57(79)60(52(44-71)86-63)87-64-59(81)62(56(78)51(43-70)85-64)89-66(65(82)83)41-49(74)54(67-46(3)72)61(88-66)55(77)50(75)42-69/h47-52,54-64,69-71,73-75,77-81H,4-45H2,1-3H3,(H,67,72)(H,68,76)(H,82,83). The van der Waals surface area contributed by atoms with Crippen molar-refractivity contribution >= 4 is 17.8 Å². The molecule has 0 bridgehead atoms. The molecule has 0 radical (unpaired) electrons. The first-order valence-electron chi connectivity index (χ1n) is 34.9. The van der Waals surface area contributed by atoms with Crippen LogP contribution in [0.4, 0.5) is 0 Å². The lowest BCUT2D eigenvalue weighted by Crippen LogP contribution is -2.70. The number of carbonyl (C=O) groups is 3. The number of aliphatic hydroxyl groups excluding tert-OH is 11. The molecule has 18 unspecified atom stereocenters. The maximum Gasteiger partial charge on any atom is 0.364 e. The van der Waals surface area contributed by atoms with Crippen molar-refractivity contribution in [3.05, 3.63) is 0 Å². The fourth-order valence-electron chi connectivity index (χ4n) is 12.5. The van der Waals surface area contributed by atoms with E-state index >= 15 is 0 Å². The van der Waals surface area contributed by atoms with E-state index < -0.39 is 148 Å². The molecule has 89 heavy (non-hydrogen) atoms. The van der Waals surface area contributed by atoms with Gasteiger partial charge in [-0.05, 0) is 12.8 Å². The Kier molecular flexibility index (Phi) is 43.3. The average molecular weight is 1280 g/mol. The summed E-state index contributed by atoms with van der Waals surface area (Å²) >= 11 is 0. The van der Waals surface area contributed by atoms with Crippen LogP contribution >= 0.6 is 0 Å². The van der Waals surface area contributed by atoms with Gasteiger partial charge in [0.25, 0.3) is 5.79 Å². The van der Waals surface area contributed by atoms with Gasteiger partial charge in [0.2, 0.25) is 11.8 Å². The van der Waals surface area contributed by atoms with E-state index in [-0.39, 0.29) is 18.9 Å². The molecule has 0 spiro atoms. The van der Waals surface area contributed by atoms with Crippen LogP contribution in [0.25, 0.3) is 0 Å². The van der Waals surface area contributed by atoms with E-state index in [1.807, 2.05) is 0 Å². The van der Waals surface area contributed by atoms with Gasteiger partial charge >= 0.3 is 5.97 Å². The van der Waals surface area contributed by atoms with Crippen molar-refractivity contribution in [1.29, 1.82) is 0 Å². The van der Waals surface area contributed by atoms with E-state index in [1.54, 1.807) is 0 Å². The van der Waals surface area contributed by atoms with E-state index in [1.165, 1.54) is 167 Å². The van der Waals surface area contributed by atoms with E-state index in [2.05, 4.69) is 24.5 Å². The quantitative estimate of drug-likeness (QED) is 0.0305. The Morgan fingerprint density at radius 1 is 0.539 bits per heavy atom. The molecule has 0 saturated carbocycles. The van der Waals surface area contributed by atoms with Gasteiger partial charge in [-0.3, -0.25) is 9.59 Å². The van der Waals surface area contributed by atoms with Crippen molar-refractivity contribution in [2.75, 3.05) is 26.4 Å². The Morgan fingerprint density at radius 3 is 1.40 bits per heavy atom. The second-order valence-corrected chi connectivity index (χ2v) is 25.8. The number of aliphatic carboxylic acids is 1. The number of carboxylic acids is 1. The first-order valence-corrected chi connectivity index (χ1v) is 34.9. The molecule has 3 heterocycles. The maximum absolute atomic E-state index is 13.5. The summed E-state index contributed by atoms with van der Waals surface area (Å²) in [5.74, 6) is -6.09. The molecule has 524 valence electrons. The number of aliphatic hydroxyl groups is 11. The molecule has 3 aliphatic rings. The molecule has 0 aliphatic carbocycles. The molecule has 0 aromatic heterocycles. The smallest absolute Gasteiger partial charge is 0.364 e. The molecule has 3 fully saturated rings. The van der Waals surface area contributed by atoms with Crippen LogP contribution < -0.4 is 10.6 Å². The lowest BCUT2D eigenvalue weighted by Gasteiger charge is -2.50. The largest absolute Gasteiger partial charge is 0.477 e. The molecule has 14 N–H and O–H groups in total. The number of hydrogen-bond acceptors (Lipinski definition) is 20. The van der Waals surface area contributed by atoms with Gasteiger partial charge in [0.1, 0.15) is 67.1 Å². The Bertz CT molecular complexity index is 1810. The average Bonchev–Trinajstić information content (AvgIpc) is 0.872. The molecule has 3 aliphatic heterocycles. The summed E-state index contributed by atoms with van der Waals surface area (Å²) in [6.45, 7) is 2.23. The van der Waals surface area contributed by atoms with Crippen LogP contribution in [-0.2, 0) is 42.8 Å². The zero-order valence-electron chi connectivity index (χ0n) is 54.6. The van der Waals surface area contributed by atoms with E-state index in [9.17, 15) is 75.7 Å². The molecular weight excluding hydrogens is 1160 g/mol. The molecule has 0 aromatic carbocycles. The van der Waals surface area contributed by atoms with Gasteiger partial charge in [0.15, 0.2) is 12.6 Å². The Balaban J connectivity index is 1.60. The number of nitrogens with one attached hydrogen (secondary N) is 2. The van der Waals surface area contributed by atoms with Gasteiger partial charge < -0.3 is 100 Å². The third-order valence-corrected chi connectivity index (χ3v) is 18.1. The lowest BCUT2D eigenvalue weighted by atomic mass is 9.88. The van der Waals surface area contributed by atoms with Gasteiger partial charge in [-0.15, -0.1) is 0 Å². The highest BCUT2D eigenvalue weighted by molar-refractivity contribution is 5.77. The predicted molar refractivity (Wildman–Crippen MR) is 334 cm³/mol. The van der Waals surface area contributed by atoms with Crippen molar-refractivity contribution in [3.8, 4) is 0 Å². The van der Waals surface area contributed by atoms with Crippen LogP contribution in [0.3, 0.4) is 0 Å². The van der Waals surface area contributed by atoms with Gasteiger partial charge in [-0.2, -0.15) is 0 Å². The van der Waals surface area contributed by atoms with Crippen molar-refractivity contribution in [2.24, 2.45) is 0 Å². The van der Waals surface area contributed by atoms with E-state index in [0.717, 1.165) is 51.9 Å². The molecule has 23 nitrogen and oxygen atoms in total. The van der Waals surface area contributed by atoms with E-state index in [0.29, 0.717) is 19.3 Å². The van der Waals surface area contributed by atoms with Gasteiger partial charge in [-0.1, -0.05) is 232 Å². The van der Waals surface area contributed by atoms with Crippen molar-refractivity contribution in [1.82, 2.24) is 10.6 Å². The highest BCUT2D eigenvalue weighted by Gasteiger charge is 2.60. The SMILES string of the molecule is CCCCCCCCCCCCCCCCCCCCC(=O)NC(COC1OC(CO)C(OC2OC(CO)C(O)C(OC3(C(=O)O)CC(O)C(NC(C)=O)C(C(O)C(O)CO)O3)C2O)C(O)C1O)C(O)CCCCCCCCCCCCCCCCCCC. The highest BCUT2D eigenvalue weighted by Crippen LogP contribution is 2.39. The lowest BCUT2D eigenvalue weighted by molar-refractivity contribution is -0.386. The summed E-state index contributed by atoms with van der Waals surface area (Å²) in [5.41, 5.74) is 0. The highest BCUT2D eigenvalue weighted by atomic mass is 16.8. The van der Waals surface area contributed by atoms with Gasteiger partial charge in [-0.25, -0.2) is 4.79 Å². The van der Waals surface area contributed by atoms with Crippen LogP contribution in [0, 0.1) is 0 Å². The van der Waals surface area contributed by atoms with Crippen molar-refractivity contribution in [2.45, 2.75) is 375 Å². The monoisotopic (exact) mass is 1280 g/mol. The van der Waals surface area contributed by atoms with Crippen LogP contribution in [0.5, 0.6) is 0 Å². The Morgan fingerprint density at radius 2 is 0.978 bits per heavy atom. The van der Waals surface area contributed by atoms with Crippen LogP contribution in [0.2, 0.25) is 0 Å². The number of ether oxygens (including phenoxy) is 6.